The summed E-state index contributed by atoms with van der Waals surface area (Å²) in [5, 5.41) is 0. The number of nitrogens with zero attached hydrogens (tertiary/aromatic N) is 2. The molecule has 0 amide bonds. The molecule has 0 radical (unpaired) electrons. The van der Waals surface area contributed by atoms with Crippen LogP contribution in [0.1, 0.15) is 38.7 Å². The molecule has 0 unspecified atom stereocenters. The molecular weight excluding hydrogens is 374 g/mol. The SMILES string of the molecule is CC(C)[C@@H]1CCCN(c2cc(N3CCOCC3)cc(=O)[nH]2)[C@H](Cc2ccccc2)C1. The third-order valence-electron chi connectivity index (χ3n) is 6.75. The normalized spacial score (nSPS) is 22.9. The molecular formula is C25H35N3O2. The van der Waals surface area contributed by atoms with Crippen molar-refractivity contribution in [2.24, 2.45) is 11.8 Å². The number of H-pyrrole nitrogens is 1. The van der Waals surface area contributed by atoms with Gasteiger partial charge < -0.3 is 19.5 Å². The van der Waals surface area contributed by atoms with E-state index in [2.05, 4.69) is 65.0 Å². The van der Waals surface area contributed by atoms with Crippen LogP contribution in [0.4, 0.5) is 11.5 Å². The van der Waals surface area contributed by atoms with Crippen molar-refractivity contribution >= 4 is 11.5 Å². The second kappa shape index (κ2) is 9.69. The zero-order valence-electron chi connectivity index (χ0n) is 18.3. The van der Waals surface area contributed by atoms with Gasteiger partial charge in [-0.2, -0.15) is 0 Å². The van der Waals surface area contributed by atoms with Crippen LogP contribution < -0.4 is 15.4 Å². The number of anilines is 2. The second-order valence-electron chi connectivity index (χ2n) is 9.11. The van der Waals surface area contributed by atoms with E-state index in [-0.39, 0.29) is 5.56 Å². The number of aromatic nitrogens is 1. The lowest BCUT2D eigenvalue weighted by Crippen LogP contribution is -2.40. The molecule has 0 spiro atoms. The van der Waals surface area contributed by atoms with Crippen LogP contribution >= 0.6 is 0 Å². The smallest absolute Gasteiger partial charge is 0.251 e. The van der Waals surface area contributed by atoms with Gasteiger partial charge in [-0.3, -0.25) is 4.79 Å². The molecule has 5 heteroatoms. The monoisotopic (exact) mass is 409 g/mol. The van der Waals surface area contributed by atoms with Crippen molar-refractivity contribution in [3.05, 3.63) is 58.4 Å². The average molecular weight is 410 g/mol. The summed E-state index contributed by atoms with van der Waals surface area (Å²) in [7, 11) is 0. The Bertz CT molecular complexity index is 858. The van der Waals surface area contributed by atoms with Crippen molar-refractivity contribution in [1.29, 1.82) is 0 Å². The van der Waals surface area contributed by atoms with E-state index < -0.39 is 0 Å². The number of ether oxygens (including phenoxy) is 1. The van der Waals surface area contributed by atoms with E-state index in [0.29, 0.717) is 12.0 Å². The summed E-state index contributed by atoms with van der Waals surface area (Å²) in [5.74, 6) is 2.37. The van der Waals surface area contributed by atoms with E-state index in [4.69, 9.17) is 4.74 Å². The van der Waals surface area contributed by atoms with E-state index in [0.717, 1.165) is 69.5 Å². The molecule has 1 N–H and O–H groups in total. The number of morpholine rings is 1. The summed E-state index contributed by atoms with van der Waals surface area (Å²) in [6, 6.07) is 15.1. The largest absolute Gasteiger partial charge is 0.378 e. The quantitative estimate of drug-likeness (QED) is 0.808. The first-order valence-corrected chi connectivity index (χ1v) is 11.5. The van der Waals surface area contributed by atoms with Gasteiger partial charge in [-0.1, -0.05) is 44.2 Å². The molecule has 1 aromatic heterocycles. The maximum Gasteiger partial charge on any atom is 0.251 e. The molecule has 5 nitrogen and oxygen atoms in total. The molecule has 2 saturated heterocycles. The molecule has 2 atom stereocenters. The van der Waals surface area contributed by atoms with Gasteiger partial charge in [-0.25, -0.2) is 0 Å². The summed E-state index contributed by atoms with van der Waals surface area (Å²) in [5.41, 5.74) is 2.36. The highest BCUT2D eigenvalue weighted by Crippen LogP contribution is 2.33. The molecule has 30 heavy (non-hydrogen) atoms. The van der Waals surface area contributed by atoms with Crippen LogP contribution in [0.3, 0.4) is 0 Å². The average Bonchev–Trinajstić information content (AvgIpc) is 2.97. The van der Waals surface area contributed by atoms with Gasteiger partial charge in [0.1, 0.15) is 5.82 Å². The number of nitrogens with one attached hydrogen (secondary N) is 1. The van der Waals surface area contributed by atoms with Crippen molar-refractivity contribution in [2.75, 3.05) is 42.6 Å². The molecule has 2 aromatic rings. The van der Waals surface area contributed by atoms with Crippen LogP contribution in [0.15, 0.2) is 47.3 Å². The van der Waals surface area contributed by atoms with Crippen LogP contribution in [0.2, 0.25) is 0 Å². The van der Waals surface area contributed by atoms with E-state index in [1.807, 2.05) is 0 Å². The molecule has 2 fully saturated rings. The standard InChI is InChI=1S/C25H35N3O2/c1-19(2)21-9-6-10-28(23(16-21)15-20-7-4-3-5-8-20)24-17-22(18-25(29)26-24)27-11-13-30-14-12-27/h3-5,7-8,17-19,21,23H,6,9-16H2,1-2H3,(H,26,29)/t21-,23-/m1/s1. The number of rotatable bonds is 5. The Labute approximate surface area is 180 Å². The molecule has 0 saturated carbocycles. The molecule has 162 valence electrons. The van der Waals surface area contributed by atoms with Crippen molar-refractivity contribution in [2.45, 2.75) is 45.6 Å². The Morgan fingerprint density at radius 2 is 1.87 bits per heavy atom. The van der Waals surface area contributed by atoms with Gasteiger partial charge in [0.2, 0.25) is 0 Å². The highest BCUT2D eigenvalue weighted by Gasteiger charge is 2.29. The number of aromatic amines is 1. The predicted molar refractivity (Wildman–Crippen MR) is 124 cm³/mol. The summed E-state index contributed by atoms with van der Waals surface area (Å²) in [6.45, 7) is 8.81. The summed E-state index contributed by atoms with van der Waals surface area (Å²) >= 11 is 0. The lowest BCUT2D eigenvalue weighted by Gasteiger charge is -2.35. The minimum absolute atomic E-state index is 0.0166. The van der Waals surface area contributed by atoms with Crippen molar-refractivity contribution in [1.82, 2.24) is 4.98 Å². The predicted octanol–water partition coefficient (Wildman–Crippen LogP) is 4.09. The maximum absolute atomic E-state index is 12.6. The fourth-order valence-electron chi connectivity index (χ4n) is 4.98. The van der Waals surface area contributed by atoms with Crippen LogP contribution in [0.5, 0.6) is 0 Å². The van der Waals surface area contributed by atoms with Gasteiger partial charge in [-0.15, -0.1) is 0 Å². The molecule has 0 aliphatic carbocycles. The Morgan fingerprint density at radius 1 is 1.10 bits per heavy atom. The number of hydrogen-bond donors (Lipinski definition) is 1. The van der Waals surface area contributed by atoms with Crippen molar-refractivity contribution in [3.8, 4) is 0 Å². The van der Waals surface area contributed by atoms with Crippen molar-refractivity contribution < 1.29 is 4.74 Å². The third-order valence-corrected chi connectivity index (χ3v) is 6.75. The molecule has 2 aliphatic rings. The fraction of sp³-hybridized carbons (Fsp3) is 0.560. The van der Waals surface area contributed by atoms with Crippen LogP contribution in [0.25, 0.3) is 0 Å². The van der Waals surface area contributed by atoms with Crippen LogP contribution in [-0.2, 0) is 11.2 Å². The van der Waals surface area contributed by atoms with Crippen molar-refractivity contribution in [3.63, 3.8) is 0 Å². The Morgan fingerprint density at radius 3 is 2.60 bits per heavy atom. The number of pyridine rings is 1. The first-order valence-electron chi connectivity index (χ1n) is 11.5. The molecule has 3 heterocycles. The number of hydrogen-bond acceptors (Lipinski definition) is 4. The van der Waals surface area contributed by atoms with Crippen LogP contribution in [-0.4, -0.2) is 43.9 Å². The van der Waals surface area contributed by atoms with E-state index in [1.54, 1.807) is 6.07 Å². The van der Waals surface area contributed by atoms with Gasteiger partial charge in [-0.05, 0) is 43.1 Å². The molecule has 2 aliphatic heterocycles. The second-order valence-corrected chi connectivity index (χ2v) is 9.11. The minimum Gasteiger partial charge on any atom is -0.378 e. The van der Waals surface area contributed by atoms with Gasteiger partial charge >= 0.3 is 0 Å². The summed E-state index contributed by atoms with van der Waals surface area (Å²) in [6.07, 6.45) is 4.59. The lowest BCUT2D eigenvalue weighted by atomic mass is 9.85. The van der Waals surface area contributed by atoms with Crippen LogP contribution in [0, 0.1) is 11.8 Å². The zero-order valence-corrected chi connectivity index (χ0v) is 18.3. The maximum atomic E-state index is 12.6. The Kier molecular flexibility index (Phi) is 6.78. The Hall–Kier alpha value is -2.27. The zero-order chi connectivity index (χ0) is 20.9. The van der Waals surface area contributed by atoms with E-state index in [9.17, 15) is 4.79 Å². The highest BCUT2D eigenvalue weighted by atomic mass is 16.5. The first-order chi connectivity index (χ1) is 14.6. The van der Waals surface area contributed by atoms with Gasteiger partial charge in [0.05, 0.1) is 13.2 Å². The molecule has 4 rings (SSSR count). The first kappa shape index (κ1) is 21.0. The lowest BCUT2D eigenvalue weighted by molar-refractivity contribution is 0.122. The third kappa shape index (κ3) is 5.07. The minimum atomic E-state index is -0.0166. The van der Waals surface area contributed by atoms with Gasteiger partial charge in [0.15, 0.2) is 0 Å². The molecule has 1 aromatic carbocycles. The van der Waals surface area contributed by atoms with E-state index >= 15 is 0 Å². The van der Waals surface area contributed by atoms with E-state index in [1.165, 1.54) is 12.0 Å². The summed E-state index contributed by atoms with van der Waals surface area (Å²) in [4.78, 5) is 20.5. The number of benzene rings is 1. The fourth-order valence-corrected chi connectivity index (χ4v) is 4.98. The molecule has 0 bridgehead atoms. The summed E-state index contributed by atoms with van der Waals surface area (Å²) < 4.78 is 5.49. The topological polar surface area (TPSA) is 48.6 Å². The van der Waals surface area contributed by atoms with Gasteiger partial charge in [0.25, 0.3) is 5.56 Å². The van der Waals surface area contributed by atoms with Gasteiger partial charge in [0, 0.05) is 43.5 Å². The Balaban J connectivity index is 1.65. The highest BCUT2D eigenvalue weighted by molar-refractivity contribution is 5.56.